The van der Waals surface area contributed by atoms with Gasteiger partial charge in [-0.3, -0.25) is 14.6 Å². The number of carbonyl (C=O) groups excluding carboxylic acids is 3. The zero-order chi connectivity index (χ0) is 23.3. The summed E-state index contributed by atoms with van der Waals surface area (Å²) in [7, 11) is 0. The Morgan fingerprint density at radius 2 is 1.84 bits per heavy atom. The van der Waals surface area contributed by atoms with Gasteiger partial charge in [0.1, 0.15) is 0 Å². The number of nitrogens with one attached hydrogen (secondary N) is 1. The number of amides is 3. The van der Waals surface area contributed by atoms with Gasteiger partial charge in [-0.25, -0.2) is 9.59 Å². The number of carbonyl (C=O) groups is 3. The van der Waals surface area contributed by atoms with Crippen molar-refractivity contribution >= 4 is 17.9 Å². The summed E-state index contributed by atoms with van der Waals surface area (Å²) in [5, 5.41) is 2.99. The summed E-state index contributed by atoms with van der Waals surface area (Å²) < 4.78 is 5.42. The third-order valence-electron chi connectivity index (χ3n) is 6.09. The minimum absolute atomic E-state index is 0.0697. The molecule has 3 amide bonds. The summed E-state index contributed by atoms with van der Waals surface area (Å²) in [6.45, 7) is 10.7. The van der Waals surface area contributed by atoms with E-state index in [9.17, 15) is 14.4 Å². The second-order valence-electron chi connectivity index (χ2n) is 8.14. The predicted octanol–water partition coefficient (Wildman–Crippen LogP) is 2.53. The topological polar surface area (TPSA) is 82.2 Å². The maximum absolute atomic E-state index is 13.1. The van der Waals surface area contributed by atoms with Crippen LogP contribution in [0.2, 0.25) is 0 Å². The fourth-order valence-electron chi connectivity index (χ4n) is 4.52. The van der Waals surface area contributed by atoms with Crippen LogP contribution in [0.1, 0.15) is 45.7 Å². The van der Waals surface area contributed by atoms with Crippen molar-refractivity contribution in [3.8, 4) is 0 Å². The lowest BCUT2D eigenvalue weighted by molar-refractivity contribution is -0.139. The first-order valence-electron chi connectivity index (χ1n) is 11.5. The lowest BCUT2D eigenvalue weighted by atomic mass is 9.94. The van der Waals surface area contributed by atoms with Crippen LogP contribution in [0.25, 0.3) is 0 Å². The van der Waals surface area contributed by atoms with Crippen LogP contribution in [0, 0.1) is 0 Å². The summed E-state index contributed by atoms with van der Waals surface area (Å²) in [5.41, 5.74) is 1.98. The molecule has 2 atom stereocenters. The van der Waals surface area contributed by atoms with Crippen LogP contribution in [-0.4, -0.2) is 78.0 Å². The summed E-state index contributed by atoms with van der Waals surface area (Å²) in [4.78, 5) is 44.1. The van der Waals surface area contributed by atoms with E-state index in [0.29, 0.717) is 50.4 Å². The lowest BCUT2D eigenvalue weighted by Crippen LogP contribution is -2.56. The van der Waals surface area contributed by atoms with E-state index >= 15 is 0 Å². The molecule has 2 heterocycles. The number of benzene rings is 1. The highest BCUT2D eigenvalue weighted by Crippen LogP contribution is 2.32. The third kappa shape index (κ3) is 4.96. The van der Waals surface area contributed by atoms with E-state index in [1.54, 1.807) is 11.8 Å². The van der Waals surface area contributed by atoms with E-state index in [1.165, 1.54) is 0 Å². The molecular weight excluding hydrogens is 408 g/mol. The Bertz CT molecular complexity index is 870. The minimum Gasteiger partial charge on any atom is -0.463 e. The molecule has 174 valence electrons. The predicted molar refractivity (Wildman–Crippen MR) is 122 cm³/mol. The summed E-state index contributed by atoms with van der Waals surface area (Å²) in [5.74, 6) is -0.261. The van der Waals surface area contributed by atoms with Crippen LogP contribution in [0.5, 0.6) is 0 Å². The van der Waals surface area contributed by atoms with Crippen molar-refractivity contribution in [2.24, 2.45) is 0 Å². The van der Waals surface area contributed by atoms with Crippen LogP contribution >= 0.6 is 0 Å². The van der Waals surface area contributed by atoms with Crippen molar-refractivity contribution in [1.29, 1.82) is 0 Å². The highest BCUT2D eigenvalue weighted by Gasteiger charge is 2.39. The molecule has 0 aliphatic carbocycles. The number of hydrogen-bond acceptors (Lipinski definition) is 5. The fraction of sp³-hybridized carbons (Fsp3) is 0.542. The molecule has 0 aromatic heterocycles. The van der Waals surface area contributed by atoms with E-state index in [2.05, 4.69) is 10.2 Å². The average molecular weight is 443 g/mol. The Hall–Kier alpha value is -2.87. The van der Waals surface area contributed by atoms with Crippen LogP contribution in [0.15, 0.2) is 41.6 Å². The van der Waals surface area contributed by atoms with Gasteiger partial charge in [0.25, 0.3) is 0 Å². The molecule has 32 heavy (non-hydrogen) atoms. The molecule has 1 saturated heterocycles. The van der Waals surface area contributed by atoms with Gasteiger partial charge in [0.15, 0.2) is 0 Å². The number of urea groups is 1. The molecule has 0 spiro atoms. The fourth-order valence-corrected chi connectivity index (χ4v) is 4.52. The molecule has 2 aliphatic heterocycles. The third-order valence-corrected chi connectivity index (χ3v) is 6.09. The Kier molecular flexibility index (Phi) is 7.90. The quantitative estimate of drug-likeness (QED) is 0.657. The van der Waals surface area contributed by atoms with Crippen LogP contribution < -0.4 is 5.32 Å². The van der Waals surface area contributed by atoms with Gasteiger partial charge >= 0.3 is 12.0 Å². The highest BCUT2D eigenvalue weighted by molar-refractivity contribution is 5.95. The normalized spacial score (nSPS) is 22.1. The molecule has 3 rings (SSSR count). The van der Waals surface area contributed by atoms with Crippen molar-refractivity contribution in [2.45, 2.75) is 46.2 Å². The van der Waals surface area contributed by atoms with E-state index < -0.39 is 12.0 Å². The van der Waals surface area contributed by atoms with Gasteiger partial charge in [0.2, 0.25) is 5.91 Å². The van der Waals surface area contributed by atoms with Crippen molar-refractivity contribution in [1.82, 2.24) is 20.0 Å². The van der Waals surface area contributed by atoms with E-state index in [4.69, 9.17) is 4.74 Å². The molecular formula is C24H34N4O4. The van der Waals surface area contributed by atoms with Crippen molar-refractivity contribution in [3.63, 3.8) is 0 Å². The number of ether oxygens (including phenoxy) is 1. The first-order chi connectivity index (χ1) is 15.4. The molecule has 1 N–H and O–H groups in total. The monoisotopic (exact) mass is 442 g/mol. The summed E-state index contributed by atoms with van der Waals surface area (Å²) in [6.07, 6.45) is 0.491. The van der Waals surface area contributed by atoms with Crippen molar-refractivity contribution < 1.29 is 19.1 Å². The SMILES string of the molecule is CCOC(=O)C1=C(CN2CCN(C(=O)CC)C(C)C2)N(CC)C(=O)NC1c1ccccc1. The Morgan fingerprint density at radius 1 is 1.12 bits per heavy atom. The van der Waals surface area contributed by atoms with Gasteiger partial charge in [-0.05, 0) is 26.3 Å². The molecule has 2 aliphatic rings. The molecule has 0 saturated carbocycles. The number of likely N-dealkylation sites (N-methyl/N-ethyl adjacent to an activating group) is 1. The van der Waals surface area contributed by atoms with Gasteiger partial charge in [0.05, 0.1) is 18.2 Å². The lowest BCUT2D eigenvalue weighted by Gasteiger charge is -2.42. The smallest absolute Gasteiger partial charge is 0.338 e. The summed E-state index contributed by atoms with van der Waals surface area (Å²) >= 11 is 0. The number of esters is 1. The Labute approximate surface area is 190 Å². The maximum atomic E-state index is 13.1. The van der Waals surface area contributed by atoms with Crippen molar-refractivity contribution in [2.75, 3.05) is 39.3 Å². The molecule has 1 fully saturated rings. The molecule has 0 bridgehead atoms. The molecule has 8 heteroatoms. The summed E-state index contributed by atoms with van der Waals surface area (Å²) in [6, 6.07) is 8.77. The number of rotatable bonds is 7. The van der Waals surface area contributed by atoms with E-state index in [0.717, 1.165) is 5.56 Å². The Morgan fingerprint density at radius 3 is 2.44 bits per heavy atom. The molecule has 0 radical (unpaired) electrons. The molecule has 1 aromatic rings. The van der Waals surface area contributed by atoms with Gasteiger partial charge in [-0.1, -0.05) is 37.3 Å². The van der Waals surface area contributed by atoms with Crippen LogP contribution in [-0.2, 0) is 14.3 Å². The van der Waals surface area contributed by atoms with E-state index in [-0.39, 0.29) is 24.6 Å². The minimum atomic E-state index is -0.569. The standard InChI is InChI=1S/C24H34N4O4/c1-5-20(29)28-14-13-26(15-17(28)4)16-19-21(23(30)32-7-3)22(18-11-9-8-10-12-18)25-24(31)27(19)6-2/h8-12,17,22H,5-7,13-16H2,1-4H3,(H,25,31). The largest absolute Gasteiger partial charge is 0.463 e. The number of hydrogen-bond donors (Lipinski definition) is 1. The van der Waals surface area contributed by atoms with Gasteiger partial charge in [0, 0.05) is 50.9 Å². The maximum Gasteiger partial charge on any atom is 0.338 e. The van der Waals surface area contributed by atoms with Crippen LogP contribution in [0.4, 0.5) is 4.79 Å². The highest BCUT2D eigenvalue weighted by atomic mass is 16.5. The molecule has 2 unspecified atom stereocenters. The first-order valence-corrected chi connectivity index (χ1v) is 11.5. The van der Waals surface area contributed by atoms with Gasteiger partial charge in [-0.15, -0.1) is 0 Å². The second kappa shape index (κ2) is 10.6. The van der Waals surface area contributed by atoms with Crippen molar-refractivity contribution in [3.05, 3.63) is 47.2 Å². The number of nitrogens with zero attached hydrogens (tertiary/aromatic N) is 3. The average Bonchev–Trinajstić information content (AvgIpc) is 2.79. The zero-order valence-corrected chi connectivity index (χ0v) is 19.5. The number of piperazine rings is 1. The molecule has 8 nitrogen and oxygen atoms in total. The first kappa shape index (κ1) is 23.8. The second-order valence-corrected chi connectivity index (χ2v) is 8.14. The Balaban J connectivity index is 1.97. The van der Waals surface area contributed by atoms with Crippen LogP contribution in [0.3, 0.4) is 0 Å². The van der Waals surface area contributed by atoms with E-state index in [1.807, 2.05) is 56.0 Å². The van der Waals surface area contributed by atoms with Gasteiger partial charge in [-0.2, -0.15) is 0 Å². The van der Waals surface area contributed by atoms with Gasteiger partial charge < -0.3 is 15.0 Å². The molecule has 1 aromatic carbocycles. The zero-order valence-electron chi connectivity index (χ0n) is 19.5.